The zero-order valence-corrected chi connectivity index (χ0v) is 14.7. The summed E-state index contributed by atoms with van der Waals surface area (Å²) in [5.41, 5.74) is -0.441. The maximum atomic E-state index is 12.5. The lowest BCUT2D eigenvalue weighted by Crippen LogP contribution is -2.48. The Morgan fingerprint density at radius 3 is 2.23 bits per heavy atom. The highest BCUT2D eigenvalue weighted by Crippen LogP contribution is 2.27. The van der Waals surface area contributed by atoms with Crippen LogP contribution < -0.4 is 5.11 Å². The lowest BCUT2D eigenvalue weighted by Gasteiger charge is -2.31. The topological polar surface area (TPSA) is 77.5 Å². The Hall–Kier alpha value is -1.04. The molecule has 1 aliphatic carbocycles. The number of hydrogen-bond acceptors (Lipinski definition) is 5. The Bertz CT molecular complexity index is 424. The molecule has 0 bridgehead atoms. The molecule has 0 aromatic heterocycles. The lowest BCUT2D eigenvalue weighted by atomic mass is 10.00. The fourth-order valence-corrected chi connectivity index (χ4v) is 3.49. The van der Waals surface area contributed by atoms with Crippen molar-refractivity contribution in [2.24, 2.45) is 11.3 Å². The van der Waals surface area contributed by atoms with Crippen molar-refractivity contribution in [2.75, 3.05) is 12.3 Å². The molecule has 0 aromatic carbocycles. The van der Waals surface area contributed by atoms with E-state index in [-0.39, 0.29) is 29.5 Å². The highest BCUT2D eigenvalue weighted by Gasteiger charge is 2.30. The minimum Gasteiger partial charge on any atom is -0.548 e. The average molecular weight is 328 g/mol. The van der Waals surface area contributed by atoms with Gasteiger partial charge in [0.15, 0.2) is 5.12 Å². The second-order valence-electron chi connectivity index (χ2n) is 7.03. The summed E-state index contributed by atoms with van der Waals surface area (Å²) in [6.07, 6.45) is 3.74. The van der Waals surface area contributed by atoms with Crippen LogP contribution in [0.15, 0.2) is 0 Å². The molecule has 126 valence electrons. The summed E-state index contributed by atoms with van der Waals surface area (Å²) in [5, 5.41) is 11.0. The van der Waals surface area contributed by atoms with E-state index >= 15 is 0 Å². The van der Waals surface area contributed by atoms with Crippen molar-refractivity contribution in [3.05, 3.63) is 0 Å². The first-order valence-electron chi connectivity index (χ1n) is 7.80. The summed E-state index contributed by atoms with van der Waals surface area (Å²) in [4.78, 5) is 36.8. The van der Waals surface area contributed by atoms with E-state index in [1.165, 1.54) is 4.90 Å². The van der Waals surface area contributed by atoms with Crippen LogP contribution in [0.3, 0.4) is 0 Å². The molecule has 0 unspecified atom stereocenters. The number of amides is 1. The molecule has 0 spiro atoms. The molecule has 22 heavy (non-hydrogen) atoms. The van der Waals surface area contributed by atoms with Crippen LogP contribution in [0.25, 0.3) is 0 Å². The van der Waals surface area contributed by atoms with E-state index in [4.69, 9.17) is 0 Å². The number of carboxylic acid groups (broad SMARTS) is 1. The molecule has 1 aliphatic rings. The zero-order chi connectivity index (χ0) is 16.9. The van der Waals surface area contributed by atoms with E-state index in [2.05, 4.69) is 0 Å². The van der Waals surface area contributed by atoms with Crippen molar-refractivity contribution < 1.29 is 19.5 Å². The van der Waals surface area contributed by atoms with Crippen LogP contribution in [0, 0.1) is 11.3 Å². The molecule has 1 amide bonds. The Morgan fingerprint density at radius 1 is 1.23 bits per heavy atom. The smallest absolute Gasteiger partial charge is 0.226 e. The summed E-state index contributed by atoms with van der Waals surface area (Å²) >= 11 is 1.15. The molecular weight excluding hydrogens is 302 g/mol. The molecule has 6 heteroatoms. The van der Waals surface area contributed by atoms with Gasteiger partial charge in [-0.15, -0.1) is 0 Å². The van der Waals surface area contributed by atoms with Gasteiger partial charge in [0.2, 0.25) is 5.91 Å². The van der Waals surface area contributed by atoms with Crippen molar-refractivity contribution in [2.45, 2.75) is 59.4 Å². The quantitative estimate of drug-likeness (QED) is 0.737. The minimum absolute atomic E-state index is 0.00355. The predicted octanol–water partition coefficient (Wildman–Crippen LogP) is 1.45. The number of carbonyl (C=O) groups excluding carboxylic acids is 3. The molecule has 5 nitrogen and oxygen atoms in total. The molecule has 1 atom stereocenters. The lowest BCUT2D eigenvalue weighted by molar-refractivity contribution is -0.306. The number of thioether (sulfide) groups is 1. The van der Waals surface area contributed by atoms with Gasteiger partial charge in [0.1, 0.15) is 0 Å². The maximum Gasteiger partial charge on any atom is 0.226 e. The van der Waals surface area contributed by atoms with Crippen LogP contribution in [-0.4, -0.2) is 40.2 Å². The van der Waals surface area contributed by atoms with Gasteiger partial charge in [-0.3, -0.25) is 9.59 Å². The van der Waals surface area contributed by atoms with Crippen molar-refractivity contribution >= 4 is 28.8 Å². The number of rotatable bonds is 6. The number of nitrogens with zero attached hydrogens (tertiary/aromatic N) is 1. The summed E-state index contributed by atoms with van der Waals surface area (Å²) in [6.45, 7) is 6.93. The number of carbonyl (C=O) groups is 3. The SMILES string of the molecule is C[C@@H](CSC(=O)C(C)(C)C)C(=O)N(CC(=O)[O-])C1CCCC1. The highest BCUT2D eigenvalue weighted by atomic mass is 32.2. The first-order valence-corrected chi connectivity index (χ1v) is 8.79. The monoisotopic (exact) mass is 328 g/mol. The van der Waals surface area contributed by atoms with Gasteiger partial charge in [-0.2, -0.15) is 0 Å². The first kappa shape index (κ1) is 19.0. The average Bonchev–Trinajstić information content (AvgIpc) is 2.93. The Balaban J connectivity index is 2.63. The maximum absolute atomic E-state index is 12.5. The molecule has 0 aromatic rings. The van der Waals surface area contributed by atoms with Gasteiger partial charge in [0, 0.05) is 23.1 Å². The van der Waals surface area contributed by atoms with Crippen LogP contribution in [0.4, 0.5) is 0 Å². The van der Waals surface area contributed by atoms with Gasteiger partial charge in [-0.1, -0.05) is 52.3 Å². The standard InChI is InChI=1S/C16H27NO4S/c1-11(10-22-15(21)16(2,3)4)14(20)17(9-13(18)19)12-7-5-6-8-12/h11-12H,5-10H2,1-4H3,(H,18,19)/p-1/t11-/m0/s1. The van der Waals surface area contributed by atoms with Gasteiger partial charge in [0.25, 0.3) is 0 Å². The number of hydrogen-bond donors (Lipinski definition) is 0. The molecule has 1 saturated carbocycles. The molecule has 0 aliphatic heterocycles. The highest BCUT2D eigenvalue weighted by molar-refractivity contribution is 8.13. The second kappa shape index (κ2) is 7.99. The zero-order valence-electron chi connectivity index (χ0n) is 13.9. The van der Waals surface area contributed by atoms with Crippen LogP contribution >= 0.6 is 11.8 Å². The number of aliphatic carboxylic acids is 1. The fourth-order valence-electron chi connectivity index (χ4n) is 2.51. The summed E-state index contributed by atoms with van der Waals surface area (Å²) in [7, 11) is 0. The van der Waals surface area contributed by atoms with Crippen molar-refractivity contribution in [3.63, 3.8) is 0 Å². The third-order valence-electron chi connectivity index (χ3n) is 3.85. The van der Waals surface area contributed by atoms with E-state index in [0.29, 0.717) is 5.75 Å². The van der Waals surface area contributed by atoms with E-state index in [0.717, 1.165) is 37.4 Å². The van der Waals surface area contributed by atoms with Crippen molar-refractivity contribution in [3.8, 4) is 0 Å². The Kier molecular flexibility index (Phi) is 6.91. The third kappa shape index (κ3) is 5.63. The molecule has 0 radical (unpaired) electrons. The molecular formula is C16H26NO4S-. The van der Waals surface area contributed by atoms with Gasteiger partial charge in [-0.25, -0.2) is 0 Å². The first-order chi connectivity index (χ1) is 10.1. The normalized spacial score (nSPS) is 17.3. The Labute approximate surface area is 136 Å². The van der Waals surface area contributed by atoms with E-state index in [9.17, 15) is 19.5 Å². The van der Waals surface area contributed by atoms with Gasteiger partial charge in [-0.05, 0) is 12.8 Å². The largest absolute Gasteiger partial charge is 0.548 e. The summed E-state index contributed by atoms with van der Waals surface area (Å²) in [6, 6.07) is -0.00355. The van der Waals surface area contributed by atoms with E-state index in [1.54, 1.807) is 6.92 Å². The van der Waals surface area contributed by atoms with Gasteiger partial charge >= 0.3 is 0 Å². The molecule has 0 heterocycles. The molecule has 1 fully saturated rings. The Morgan fingerprint density at radius 2 is 1.77 bits per heavy atom. The van der Waals surface area contributed by atoms with Crippen LogP contribution in [-0.2, 0) is 14.4 Å². The molecule has 1 rings (SSSR count). The fraction of sp³-hybridized carbons (Fsp3) is 0.812. The molecule has 0 saturated heterocycles. The van der Waals surface area contributed by atoms with Crippen molar-refractivity contribution in [1.82, 2.24) is 4.90 Å². The van der Waals surface area contributed by atoms with Crippen molar-refractivity contribution in [1.29, 1.82) is 0 Å². The van der Waals surface area contributed by atoms with Crippen LogP contribution in [0.1, 0.15) is 53.4 Å². The van der Waals surface area contributed by atoms with Gasteiger partial charge < -0.3 is 14.8 Å². The second-order valence-corrected chi connectivity index (χ2v) is 8.02. The third-order valence-corrected chi connectivity index (χ3v) is 5.39. The predicted molar refractivity (Wildman–Crippen MR) is 85.1 cm³/mol. The summed E-state index contributed by atoms with van der Waals surface area (Å²) < 4.78 is 0. The van der Waals surface area contributed by atoms with E-state index < -0.39 is 11.4 Å². The molecule has 0 N–H and O–H groups in total. The van der Waals surface area contributed by atoms with Crippen LogP contribution in [0.5, 0.6) is 0 Å². The summed E-state index contributed by atoms with van der Waals surface area (Å²) in [5.74, 6) is -1.42. The number of carboxylic acids is 1. The van der Waals surface area contributed by atoms with Crippen LogP contribution in [0.2, 0.25) is 0 Å². The van der Waals surface area contributed by atoms with E-state index in [1.807, 2.05) is 20.8 Å². The van der Waals surface area contributed by atoms with Gasteiger partial charge in [0.05, 0.1) is 12.5 Å². The minimum atomic E-state index is -1.23.